The zero-order valence-corrected chi connectivity index (χ0v) is 14.6. The minimum atomic E-state index is -0.836. The summed E-state index contributed by atoms with van der Waals surface area (Å²) >= 11 is 3.36. The largest absolute Gasteiger partial charge is 0.465 e. The number of nitrogens with one attached hydrogen (secondary N) is 2. The Bertz CT molecular complexity index is 805. The first-order chi connectivity index (χ1) is 11.4. The molecule has 2 aromatic rings. The zero-order valence-electron chi connectivity index (χ0n) is 13.1. The van der Waals surface area contributed by atoms with Crippen molar-refractivity contribution in [3.05, 3.63) is 58.1 Å². The number of benzene rings is 2. The highest BCUT2D eigenvalue weighted by Gasteiger charge is 2.15. The summed E-state index contributed by atoms with van der Waals surface area (Å²) in [6.45, 7) is 1.87. The third-order valence-corrected chi connectivity index (χ3v) is 4.05. The maximum atomic E-state index is 12.0. The van der Waals surface area contributed by atoms with E-state index in [0.717, 1.165) is 10.0 Å². The Labute approximate surface area is 147 Å². The molecule has 0 radical (unpaired) electrons. The van der Waals surface area contributed by atoms with Gasteiger partial charge >= 0.3 is 17.8 Å². The van der Waals surface area contributed by atoms with Crippen molar-refractivity contribution in [3.8, 4) is 0 Å². The number of ether oxygens (including phenoxy) is 1. The predicted molar refractivity (Wildman–Crippen MR) is 93.9 cm³/mol. The van der Waals surface area contributed by atoms with Gasteiger partial charge in [0.1, 0.15) is 0 Å². The van der Waals surface area contributed by atoms with Crippen LogP contribution in [0.5, 0.6) is 0 Å². The van der Waals surface area contributed by atoms with Gasteiger partial charge in [-0.15, -0.1) is 0 Å². The number of carbonyl (C=O) groups is 3. The van der Waals surface area contributed by atoms with Crippen molar-refractivity contribution in [1.82, 2.24) is 0 Å². The highest BCUT2D eigenvalue weighted by molar-refractivity contribution is 9.10. The summed E-state index contributed by atoms with van der Waals surface area (Å²) in [6, 6.07) is 11.3. The number of carbonyl (C=O) groups excluding carboxylic acids is 3. The van der Waals surface area contributed by atoms with Gasteiger partial charge in [0.05, 0.1) is 12.7 Å². The lowest BCUT2D eigenvalue weighted by molar-refractivity contribution is -0.132. The van der Waals surface area contributed by atoms with Crippen LogP contribution in [-0.2, 0) is 14.3 Å². The number of anilines is 2. The van der Waals surface area contributed by atoms with Crippen LogP contribution < -0.4 is 10.6 Å². The van der Waals surface area contributed by atoms with Gasteiger partial charge in [0.25, 0.3) is 0 Å². The number of hydrogen-bond acceptors (Lipinski definition) is 4. The van der Waals surface area contributed by atoms with E-state index in [1.165, 1.54) is 13.2 Å². The Balaban J connectivity index is 2.05. The molecule has 0 aliphatic heterocycles. The smallest absolute Gasteiger partial charge is 0.337 e. The second kappa shape index (κ2) is 7.74. The molecule has 0 saturated carbocycles. The minimum absolute atomic E-state index is 0.277. The fraction of sp³-hybridized carbons (Fsp3) is 0.118. The van der Waals surface area contributed by atoms with Crippen molar-refractivity contribution < 1.29 is 19.1 Å². The van der Waals surface area contributed by atoms with Crippen LogP contribution in [0.4, 0.5) is 11.4 Å². The van der Waals surface area contributed by atoms with Crippen LogP contribution in [0, 0.1) is 6.92 Å². The second-order valence-corrected chi connectivity index (χ2v) is 5.80. The summed E-state index contributed by atoms with van der Waals surface area (Å²) in [4.78, 5) is 35.4. The third-order valence-electron chi connectivity index (χ3n) is 3.16. The van der Waals surface area contributed by atoms with E-state index in [1.54, 1.807) is 36.4 Å². The van der Waals surface area contributed by atoms with Gasteiger partial charge in [-0.25, -0.2) is 4.79 Å². The molecule has 0 heterocycles. The molecule has 0 aliphatic rings. The molecule has 6 nitrogen and oxygen atoms in total. The first-order valence-electron chi connectivity index (χ1n) is 6.97. The van der Waals surface area contributed by atoms with Crippen LogP contribution in [0.15, 0.2) is 46.9 Å². The summed E-state index contributed by atoms with van der Waals surface area (Å²) in [5, 5.41) is 4.95. The van der Waals surface area contributed by atoms with Crippen molar-refractivity contribution in [2.45, 2.75) is 6.92 Å². The average molecular weight is 391 g/mol. The molecule has 0 fully saturated rings. The van der Waals surface area contributed by atoms with E-state index in [2.05, 4.69) is 31.3 Å². The molecule has 2 N–H and O–H groups in total. The quantitative estimate of drug-likeness (QED) is 0.622. The van der Waals surface area contributed by atoms with Crippen LogP contribution in [0.25, 0.3) is 0 Å². The van der Waals surface area contributed by atoms with Gasteiger partial charge in [-0.1, -0.05) is 22.0 Å². The summed E-state index contributed by atoms with van der Waals surface area (Å²) in [7, 11) is 1.27. The molecule has 2 amide bonds. The Morgan fingerprint density at radius 2 is 1.58 bits per heavy atom. The normalized spacial score (nSPS) is 9.96. The Morgan fingerprint density at radius 1 is 0.958 bits per heavy atom. The molecule has 2 rings (SSSR count). The fourth-order valence-electron chi connectivity index (χ4n) is 1.94. The minimum Gasteiger partial charge on any atom is -0.465 e. The third kappa shape index (κ3) is 4.42. The van der Waals surface area contributed by atoms with Crippen molar-refractivity contribution in [1.29, 1.82) is 0 Å². The van der Waals surface area contributed by atoms with Crippen LogP contribution in [0.1, 0.15) is 15.9 Å². The summed E-state index contributed by atoms with van der Waals surface area (Å²) < 4.78 is 5.52. The Morgan fingerprint density at radius 3 is 2.17 bits per heavy atom. The van der Waals surface area contributed by atoms with E-state index >= 15 is 0 Å². The van der Waals surface area contributed by atoms with E-state index in [9.17, 15) is 14.4 Å². The molecule has 0 aliphatic carbocycles. The average Bonchev–Trinajstić information content (AvgIpc) is 2.57. The number of rotatable bonds is 3. The molecule has 0 spiro atoms. The highest BCUT2D eigenvalue weighted by atomic mass is 79.9. The van der Waals surface area contributed by atoms with Gasteiger partial charge in [-0.05, 0) is 48.9 Å². The number of amides is 2. The lowest BCUT2D eigenvalue weighted by atomic mass is 10.2. The standard InChI is InChI=1S/C17H15BrN2O4/c1-10-8-13(6-7-14(10)18)20-16(22)15(21)19-12-5-3-4-11(9-12)17(23)24-2/h3-9H,1-2H3,(H,19,21)(H,20,22). The predicted octanol–water partition coefficient (Wildman–Crippen LogP) is 3.12. The molecule has 0 unspecified atom stereocenters. The highest BCUT2D eigenvalue weighted by Crippen LogP contribution is 2.20. The maximum absolute atomic E-state index is 12.0. The number of halogens is 1. The summed E-state index contributed by atoms with van der Waals surface area (Å²) in [5.74, 6) is -2.17. The first-order valence-corrected chi connectivity index (χ1v) is 7.77. The summed E-state index contributed by atoms with van der Waals surface area (Å²) in [6.07, 6.45) is 0. The number of aryl methyl sites for hydroxylation is 1. The zero-order chi connectivity index (χ0) is 17.7. The van der Waals surface area contributed by atoms with Crippen LogP contribution in [-0.4, -0.2) is 24.9 Å². The molecular formula is C17H15BrN2O4. The number of hydrogen-bond donors (Lipinski definition) is 2. The molecule has 0 aromatic heterocycles. The van der Waals surface area contributed by atoms with Gasteiger partial charge in [0.2, 0.25) is 0 Å². The molecule has 2 aromatic carbocycles. The summed E-state index contributed by atoms with van der Waals surface area (Å²) in [5.41, 5.74) is 2.04. The van der Waals surface area contributed by atoms with E-state index in [0.29, 0.717) is 11.4 Å². The number of methoxy groups -OCH3 is 1. The molecule has 24 heavy (non-hydrogen) atoms. The lowest BCUT2D eigenvalue weighted by Gasteiger charge is -2.08. The van der Waals surface area contributed by atoms with Crippen LogP contribution >= 0.6 is 15.9 Å². The first kappa shape index (κ1) is 17.7. The molecule has 0 saturated heterocycles. The van der Waals surface area contributed by atoms with E-state index < -0.39 is 17.8 Å². The van der Waals surface area contributed by atoms with Gasteiger partial charge < -0.3 is 15.4 Å². The van der Waals surface area contributed by atoms with Crippen molar-refractivity contribution in [3.63, 3.8) is 0 Å². The van der Waals surface area contributed by atoms with Crippen molar-refractivity contribution in [2.75, 3.05) is 17.7 Å². The number of esters is 1. The van der Waals surface area contributed by atoms with Crippen LogP contribution in [0.2, 0.25) is 0 Å². The van der Waals surface area contributed by atoms with Crippen molar-refractivity contribution >= 4 is 45.1 Å². The van der Waals surface area contributed by atoms with Crippen LogP contribution in [0.3, 0.4) is 0 Å². The fourth-order valence-corrected chi connectivity index (χ4v) is 2.19. The maximum Gasteiger partial charge on any atom is 0.337 e. The topological polar surface area (TPSA) is 84.5 Å². The van der Waals surface area contributed by atoms with E-state index in [4.69, 9.17) is 0 Å². The molecule has 7 heteroatoms. The van der Waals surface area contributed by atoms with Gasteiger partial charge in [-0.3, -0.25) is 9.59 Å². The molecular weight excluding hydrogens is 376 g/mol. The lowest BCUT2D eigenvalue weighted by Crippen LogP contribution is -2.29. The Kier molecular flexibility index (Phi) is 5.70. The Hall–Kier alpha value is -2.67. The van der Waals surface area contributed by atoms with E-state index in [1.807, 2.05) is 6.92 Å². The molecule has 124 valence electrons. The van der Waals surface area contributed by atoms with Gasteiger partial charge in [-0.2, -0.15) is 0 Å². The molecule has 0 bridgehead atoms. The van der Waals surface area contributed by atoms with E-state index in [-0.39, 0.29) is 5.56 Å². The van der Waals surface area contributed by atoms with Gasteiger partial charge in [0, 0.05) is 15.8 Å². The monoisotopic (exact) mass is 390 g/mol. The SMILES string of the molecule is COC(=O)c1cccc(NC(=O)C(=O)Nc2ccc(Br)c(C)c2)c1. The second-order valence-electron chi connectivity index (χ2n) is 4.94. The van der Waals surface area contributed by atoms with Crippen molar-refractivity contribution in [2.24, 2.45) is 0 Å². The van der Waals surface area contributed by atoms with Gasteiger partial charge in [0.15, 0.2) is 0 Å². The molecule has 0 atom stereocenters.